The Kier molecular flexibility index (Phi) is 8.86. The van der Waals surface area contributed by atoms with Crippen molar-refractivity contribution in [2.24, 2.45) is 0 Å². The molecule has 0 saturated carbocycles. The largest absolute Gasteiger partial charge is 0.490 e. The minimum atomic E-state index is 0. The van der Waals surface area contributed by atoms with E-state index < -0.39 is 0 Å². The van der Waals surface area contributed by atoms with E-state index in [0.29, 0.717) is 13.2 Å². The minimum absolute atomic E-state index is 0. The summed E-state index contributed by atoms with van der Waals surface area (Å²) in [5.41, 5.74) is 4.89. The number of ether oxygens (including phenoxy) is 2. The number of halogens is 1. The zero-order chi connectivity index (χ0) is 18.9. The Morgan fingerprint density at radius 2 is 1.39 bits per heavy atom. The van der Waals surface area contributed by atoms with E-state index in [4.69, 9.17) is 9.47 Å². The summed E-state index contributed by atoms with van der Waals surface area (Å²) in [5.74, 6) is 1.58. The third-order valence-electron chi connectivity index (χ3n) is 4.32. The average Bonchev–Trinajstić information content (AvgIpc) is 2.70. The first-order chi connectivity index (χ1) is 13.2. The van der Waals surface area contributed by atoms with Crippen LogP contribution in [0.4, 0.5) is 0 Å². The summed E-state index contributed by atoms with van der Waals surface area (Å²) in [6.45, 7) is 6.87. The molecule has 3 aromatic rings. The van der Waals surface area contributed by atoms with Gasteiger partial charge in [0, 0.05) is 13.1 Å². The summed E-state index contributed by atoms with van der Waals surface area (Å²) in [5, 5.41) is 3.49. The third-order valence-corrected chi connectivity index (χ3v) is 4.32. The molecule has 3 aromatic carbocycles. The van der Waals surface area contributed by atoms with Gasteiger partial charge in [0.1, 0.15) is 6.61 Å². The molecule has 3 rings (SSSR count). The maximum atomic E-state index is 5.97. The summed E-state index contributed by atoms with van der Waals surface area (Å²) in [7, 11) is 0. The summed E-state index contributed by atoms with van der Waals surface area (Å²) < 4.78 is 11.8. The maximum absolute atomic E-state index is 5.97. The highest BCUT2D eigenvalue weighted by Crippen LogP contribution is 2.29. The number of hydrogen-bond acceptors (Lipinski definition) is 3. The summed E-state index contributed by atoms with van der Waals surface area (Å²) in [6.07, 6.45) is 0. The van der Waals surface area contributed by atoms with E-state index in [-0.39, 0.29) is 12.4 Å². The summed E-state index contributed by atoms with van der Waals surface area (Å²) >= 11 is 0. The summed E-state index contributed by atoms with van der Waals surface area (Å²) in [6, 6.07) is 24.9. The van der Waals surface area contributed by atoms with Crippen molar-refractivity contribution in [3.05, 3.63) is 95.1 Å². The molecule has 0 amide bonds. The van der Waals surface area contributed by atoms with Crippen molar-refractivity contribution in [1.82, 2.24) is 5.32 Å². The second kappa shape index (κ2) is 11.4. The van der Waals surface area contributed by atoms with Gasteiger partial charge in [-0.05, 0) is 42.7 Å². The van der Waals surface area contributed by atoms with Gasteiger partial charge in [-0.2, -0.15) is 0 Å². The van der Waals surface area contributed by atoms with Crippen LogP contribution in [-0.4, -0.2) is 6.61 Å². The van der Waals surface area contributed by atoms with Gasteiger partial charge in [-0.15, -0.1) is 12.4 Å². The van der Waals surface area contributed by atoms with E-state index in [0.717, 1.165) is 30.2 Å². The fraction of sp³-hybridized carbons (Fsp3) is 0.250. The fourth-order valence-corrected chi connectivity index (χ4v) is 2.84. The van der Waals surface area contributed by atoms with Crippen LogP contribution in [0.1, 0.15) is 29.2 Å². The average molecular weight is 398 g/mol. The second-order valence-corrected chi connectivity index (χ2v) is 6.58. The van der Waals surface area contributed by atoms with Gasteiger partial charge in [-0.1, -0.05) is 66.2 Å². The van der Waals surface area contributed by atoms with Gasteiger partial charge in [0.05, 0.1) is 6.61 Å². The van der Waals surface area contributed by atoms with E-state index in [1.807, 2.05) is 31.2 Å². The monoisotopic (exact) mass is 397 g/mol. The van der Waals surface area contributed by atoms with Crippen LogP contribution in [0, 0.1) is 6.92 Å². The lowest BCUT2D eigenvalue weighted by atomic mass is 10.1. The number of nitrogens with one attached hydrogen (secondary N) is 1. The Bertz CT molecular complexity index is 835. The van der Waals surface area contributed by atoms with Crippen molar-refractivity contribution in [3.63, 3.8) is 0 Å². The first-order valence-electron chi connectivity index (χ1n) is 9.43. The Balaban J connectivity index is 0.00000280. The smallest absolute Gasteiger partial charge is 0.161 e. The molecule has 148 valence electrons. The molecule has 28 heavy (non-hydrogen) atoms. The van der Waals surface area contributed by atoms with Crippen LogP contribution in [0.25, 0.3) is 0 Å². The standard InChI is InChI=1S/C24H27NO2.ClH/c1-3-26-24-15-22(17-25-16-20-11-9-19(2)10-12-20)13-14-23(24)27-18-21-7-5-4-6-8-21;/h4-15,25H,3,16-18H2,1-2H3;1H. The number of rotatable bonds is 9. The molecule has 0 bridgehead atoms. The van der Waals surface area contributed by atoms with Crippen molar-refractivity contribution in [1.29, 1.82) is 0 Å². The number of aryl methyl sites for hydroxylation is 1. The van der Waals surface area contributed by atoms with Crippen molar-refractivity contribution < 1.29 is 9.47 Å². The van der Waals surface area contributed by atoms with Crippen LogP contribution in [-0.2, 0) is 19.7 Å². The maximum Gasteiger partial charge on any atom is 0.161 e. The Hall–Kier alpha value is -2.49. The van der Waals surface area contributed by atoms with E-state index >= 15 is 0 Å². The minimum Gasteiger partial charge on any atom is -0.490 e. The highest BCUT2D eigenvalue weighted by molar-refractivity contribution is 5.85. The third kappa shape index (κ3) is 6.59. The second-order valence-electron chi connectivity index (χ2n) is 6.58. The van der Waals surface area contributed by atoms with Gasteiger partial charge in [0.2, 0.25) is 0 Å². The molecule has 0 spiro atoms. The zero-order valence-corrected chi connectivity index (χ0v) is 17.3. The van der Waals surface area contributed by atoms with Crippen LogP contribution >= 0.6 is 12.4 Å². The summed E-state index contributed by atoms with van der Waals surface area (Å²) in [4.78, 5) is 0. The molecule has 0 aliphatic carbocycles. The first-order valence-corrected chi connectivity index (χ1v) is 9.43. The van der Waals surface area contributed by atoms with E-state index in [2.05, 4.69) is 60.8 Å². The van der Waals surface area contributed by atoms with Crippen LogP contribution in [0.3, 0.4) is 0 Å². The molecule has 0 radical (unpaired) electrons. The number of hydrogen-bond donors (Lipinski definition) is 1. The predicted molar refractivity (Wildman–Crippen MR) is 117 cm³/mol. The quantitative estimate of drug-likeness (QED) is 0.503. The van der Waals surface area contributed by atoms with Crippen molar-refractivity contribution in [2.75, 3.05) is 6.61 Å². The Morgan fingerprint density at radius 1 is 0.714 bits per heavy atom. The molecule has 0 atom stereocenters. The van der Waals surface area contributed by atoms with Crippen molar-refractivity contribution >= 4 is 12.4 Å². The first kappa shape index (κ1) is 21.8. The van der Waals surface area contributed by atoms with Gasteiger partial charge in [0.15, 0.2) is 11.5 Å². The topological polar surface area (TPSA) is 30.5 Å². The van der Waals surface area contributed by atoms with Crippen LogP contribution < -0.4 is 14.8 Å². The lowest BCUT2D eigenvalue weighted by Crippen LogP contribution is -2.13. The van der Waals surface area contributed by atoms with Gasteiger partial charge >= 0.3 is 0 Å². The van der Waals surface area contributed by atoms with E-state index in [1.54, 1.807) is 0 Å². The van der Waals surface area contributed by atoms with Crippen LogP contribution in [0.15, 0.2) is 72.8 Å². The molecular weight excluding hydrogens is 370 g/mol. The lowest BCUT2D eigenvalue weighted by Gasteiger charge is -2.14. The predicted octanol–water partition coefficient (Wildman–Crippen LogP) is 5.68. The molecule has 0 fully saturated rings. The molecule has 0 unspecified atom stereocenters. The van der Waals surface area contributed by atoms with Crippen LogP contribution in [0.2, 0.25) is 0 Å². The normalized spacial score (nSPS) is 10.2. The molecule has 3 nitrogen and oxygen atoms in total. The fourth-order valence-electron chi connectivity index (χ4n) is 2.84. The molecule has 1 N–H and O–H groups in total. The Morgan fingerprint density at radius 3 is 2.11 bits per heavy atom. The van der Waals surface area contributed by atoms with Crippen molar-refractivity contribution in [3.8, 4) is 11.5 Å². The van der Waals surface area contributed by atoms with Crippen molar-refractivity contribution in [2.45, 2.75) is 33.5 Å². The molecule has 0 aliphatic rings. The molecular formula is C24H28ClNO2. The van der Waals surface area contributed by atoms with Gasteiger partial charge in [0.25, 0.3) is 0 Å². The zero-order valence-electron chi connectivity index (χ0n) is 16.5. The SMILES string of the molecule is CCOc1cc(CNCc2ccc(C)cc2)ccc1OCc1ccccc1.Cl. The van der Waals surface area contributed by atoms with Gasteiger partial charge < -0.3 is 14.8 Å². The molecule has 0 heterocycles. The van der Waals surface area contributed by atoms with Crippen LogP contribution in [0.5, 0.6) is 11.5 Å². The molecule has 0 aliphatic heterocycles. The highest BCUT2D eigenvalue weighted by atomic mass is 35.5. The van der Waals surface area contributed by atoms with Gasteiger partial charge in [-0.3, -0.25) is 0 Å². The molecule has 4 heteroatoms. The number of benzene rings is 3. The van der Waals surface area contributed by atoms with E-state index in [1.165, 1.54) is 16.7 Å². The van der Waals surface area contributed by atoms with Gasteiger partial charge in [-0.25, -0.2) is 0 Å². The van der Waals surface area contributed by atoms with E-state index in [9.17, 15) is 0 Å². The molecule has 0 saturated heterocycles. The highest BCUT2D eigenvalue weighted by Gasteiger charge is 2.07. The lowest BCUT2D eigenvalue weighted by molar-refractivity contribution is 0.269. The molecule has 0 aromatic heterocycles. The Labute approximate surface area is 174 Å².